The maximum Gasteiger partial charge on any atom is 0.326 e. The highest BCUT2D eigenvalue weighted by Gasteiger charge is 2.27. The van der Waals surface area contributed by atoms with E-state index in [2.05, 4.69) is 19.8 Å². The summed E-state index contributed by atoms with van der Waals surface area (Å²) in [7, 11) is -2.92. The number of esters is 1. The summed E-state index contributed by atoms with van der Waals surface area (Å²) in [5.41, 5.74) is 0.653. The van der Waals surface area contributed by atoms with Gasteiger partial charge in [-0.3, -0.25) is 9.59 Å². The molecule has 1 amide bonds. The Morgan fingerprint density at radius 3 is 2.62 bits per heavy atom. The molecular weight excluding hydrogens is 402 g/mol. The highest BCUT2D eigenvalue weighted by atomic mass is 32.2. The van der Waals surface area contributed by atoms with Crippen molar-refractivity contribution in [2.45, 2.75) is 24.1 Å². The molecule has 2 rings (SSSR count). The van der Waals surface area contributed by atoms with Crippen molar-refractivity contribution in [2.24, 2.45) is 0 Å². The number of nitrogens with zero attached hydrogens (tertiary/aromatic N) is 1. The molecule has 1 atom stereocenters. The van der Waals surface area contributed by atoms with Crippen LogP contribution in [-0.2, 0) is 24.3 Å². The zero-order valence-corrected chi connectivity index (χ0v) is 16.5. The van der Waals surface area contributed by atoms with Gasteiger partial charge in [0.15, 0.2) is 5.13 Å². The number of aryl methyl sites for hydroxylation is 1. The topological polar surface area (TPSA) is 135 Å². The molecule has 1 unspecified atom stereocenters. The van der Waals surface area contributed by atoms with Crippen LogP contribution in [-0.4, -0.2) is 50.1 Å². The van der Waals surface area contributed by atoms with Gasteiger partial charge < -0.3 is 15.2 Å². The minimum atomic E-state index is -4.02. The van der Waals surface area contributed by atoms with Crippen LogP contribution in [0.2, 0.25) is 0 Å². The monoisotopic (exact) mass is 419 g/mol. The van der Waals surface area contributed by atoms with E-state index >= 15 is 0 Å². The van der Waals surface area contributed by atoms with Crippen LogP contribution in [0.1, 0.15) is 12.6 Å². The van der Waals surface area contributed by atoms with E-state index < -0.39 is 28.6 Å². The van der Waals surface area contributed by atoms with E-state index in [-0.39, 0.29) is 10.1 Å². The van der Waals surface area contributed by atoms with E-state index in [4.69, 9.17) is 5.11 Å². The van der Waals surface area contributed by atoms with Gasteiger partial charge >= 0.3 is 5.97 Å². The molecule has 2 aromatic heterocycles. The number of rotatable bonds is 7. The number of thiophene rings is 1. The van der Waals surface area contributed by atoms with Crippen LogP contribution >= 0.6 is 22.7 Å². The van der Waals surface area contributed by atoms with Gasteiger partial charge in [0, 0.05) is 11.8 Å². The first kappa shape index (κ1) is 20.5. The molecule has 9 nitrogen and oxygen atoms in total. The molecule has 0 aliphatic heterocycles. The maximum absolute atomic E-state index is 12.4. The molecule has 26 heavy (non-hydrogen) atoms. The fourth-order valence-electron chi connectivity index (χ4n) is 1.96. The summed E-state index contributed by atoms with van der Waals surface area (Å²) < 4.78 is 31.4. The minimum absolute atomic E-state index is 0.0243. The van der Waals surface area contributed by atoms with Crippen molar-refractivity contribution in [1.29, 1.82) is 0 Å². The molecule has 0 radical (unpaired) electrons. The number of carbonyl (C=O) groups is 2. The lowest BCUT2D eigenvalue weighted by Crippen LogP contribution is -2.43. The van der Waals surface area contributed by atoms with Crippen LogP contribution in [0.4, 0.5) is 5.13 Å². The number of hydrogen-bond acceptors (Lipinski definition) is 9. The van der Waals surface area contributed by atoms with Gasteiger partial charge in [-0.2, -0.15) is 4.72 Å². The number of aromatic nitrogens is 1. The van der Waals surface area contributed by atoms with E-state index in [1.807, 2.05) is 0 Å². The molecule has 0 aliphatic carbocycles. The van der Waals surface area contributed by atoms with Crippen LogP contribution in [0.5, 0.6) is 0 Å². The number of aliphatic hydroxyl groups is 1. The second-order valence-electron chi connectivity index (χ2n) is 5.11. The van der Waals surface area contributed by atoms with Crippen LogP contribution in [0.3, 0.4) is 0 Å². The second-order valence-corrected chi connectivity index (χ2v) is 9.14. The molecule has 0 bridgehead atoms. The van der Waals surface area contributed by atoms with E-state index in [1.165, 1.54) is 24.3 Å². The second kappa shape index (κ2) is 8.22. The molecular formula is C14H17N3O6S3. The van der Waals surface area contributed by atoms with E-state index in [9.17, 15) is 18.0 Å². The third-order valence-corrected chi connectivity index (χ3v) is 7.42. The van der Waals surface area contributed by atoms with Crippen molar-refractivity contribution < 1.29 is 27.9 Å². The zero-order valence-electron chi connectivity index (χ0n) is 14.1. The number of amides is 1. The Morgan fingerprint density at radius 2 is 2.04 bits per heavy atom. The fourth-order valence-corrected chi connectivity index (χ4v) is 5.64. The van der Waals surface area contributed by atoms with Gasteiger partial charge in [-0.1, -0.05) is 11.3 Å². The lowest BCUT2D eigenvalue weighted by atomic mass is 10.3. The average molecular weight is 420 g/mol. The lowest BCUT2D eigenvalue weighted by molar-refractivity contribution is -0.143. The number of aliphatic hydroxyl groups excluding tert-OH is 1. The molecule has 0 aromatic carbocycles. The summed E-state index contributed by atoms with van der Waals surface area (Å²) in [6.07, 6.45) is 0. The van der Waals surface area contributed by atoms with Gasteiger partial charge in [0.05, 0.1) is 24.3 Å². The van der Waals surface area contributed by atoms with Crippen molar-refractivity contribution in [2.75, 3.05) is 19.0 Å². The number of carbonyl (C=O) groups excluding carboxylic acids is 2. The minimum Gasteiger partial charge on any atom is -0.468 e. The molecule has 2 aromatic rings. The predicted molar refractivity (Wildman–Crippen MR) is 97.7 cm³/mol. The number of anilines is 1. The van der Waals surface area contributed by atoms with Crippen LogP contribution < -0.4 is 10.0 Å². The molecule has 2 heterocycles. The van der Waals surface area contributed by atoms with E-state index in [0.717, 1.165) is 23.3 Å². The van der Waals surface area contributed by atoms with E-state index in [1.54, 1.807) is 13.0 Å². The van der Waals surface area contributed by atoms with Crippen LogP contribution in [0.25, 0.3) is 9.75 Å². The SMILES string of the molecule is COC(=O)C(CO)NS(=O)(=O)c1ccc(-c2sc(NC(C)=O)nc2C)s1. The van der Waals surface area contributed by atoms with Gasteiger partial charge in [-0.05, 0) is 19.1 Å². The zero-order chi connectivity index (χ0) is 19.5. The average Bonchev–Trinajstić information content (AvgIpc) is 3.18. The quantitative estimate of drug-likeness (QED) is 0.569. The fraction of sp³-hybridized carbons (Fsp3) is 0.357. The Bertz CT molecular complexity index is 918. The number of methoxy groups -OCH3 is 1. The first-order valence-electron chi connectivity index (χ1n) is 7.24. The molecule has 0 spiro atoms. The van der Waals surface area contributed by atoms with Gasteiger partial charge in [0.2, 0.25) is 5.91 Å². The maximum atomic E-state index is 12.4. The summed E-state index contributed by atoms with van der Waals surface area (Å²) in [6, 6.07) is 1.63. The van der Waals surface area contributed by atoms with E-state index in [0.29, 0.717) is 15.7 Å². The van der Waals surface area contributed by atoms with Crippen molar-refractivity contribution >= 4 is 49.7 Å². The third-order valence-electron chi connectivity index (χ3n) is 3.12. The first-order chi connectivity index (χ1) is 12.2. The smallest absolute Gasteiger partial charge is 0.326 e. The van der Waals surface area contributed by atoms with Gasteiger partial charge in [-0.15, -0.1) is 11.3 Å². The van der Waals surface area contributed by atoms with Crippen molar-refractivity contribution in [3.63, 3.8) is 0 Å². The number of ether oxygens (including phenoxy) is 1. The Morgan fingerprint density at radius 1 is 1.35 bits per heavy atom. The van der Waals surface area contributed by atoms with Gasteiger partial charge in [0.25, 0.3) is 10.0 Å². The molecule has 0 saturated carbocycles. The Kier molecular flexibility index (Phi) is 6.47. The van der Waals surface area contributed by atoms with Crippen molar-refractivity contribution in [3.05, 3.63) is 17.8 Å². The predicted octanol–water partition coefficient (Wildman–Crippen LogP) is 0.951. The van der Waals surface area contributed by atoms with Crippen molar-refractivity contribution in [3.8, 4) is 9.75 Å². The first-order valence-corrected chi connectivity index (χ1v) is 10.4. The molecule has 3 N–H and O–H groups in total. The summed E-state index contributed by atoms with van der Waals surface area (Å²) in [4.78, 5) is 28.2. The summed E-state index contributed by atoms with van der Waals surface area (Å²) in [5, 5.41) is 12.2. The Balaban J connectivity index is 2.27. The largest absolute Gasteiger partial charge is 0.468 e. The molecule has 0 aliphatic rings. The number of thiazole rings is 1. The number of sulfonamides is 1. The highest BCUT2D eigenvalue weighted by Crippen LogP contribution is 2.38. The molecule has 12 heteroatoms. The third kappa shape index (κ3) is 4.65. The normalized spacial score (nSPS) is 12.6. The standard InChI is InChI=1S/C14H17N3O6S3/c1-7-12(25-14(15-7)16-8(2)19)10-4-5-11(24-10)26(21,22)17-9(6-18)13(20)23-3/h4-5,9,17-18H,6H2,1-3H3,(H,15,16,19). The highest BCUT2D eigenvalue weighted by molar-refractivity contribution is 7.91. The Labute approximate surface area is 158 Å². The van der Waals surface area contributed by atoms with Gasteiger partial charge in [0.1, 0.15) is 10.3 Å². The van der Waals surface area contributed by atoms with Crippen molar-refractivity contribution in [1.82, 2.24) is 9.71 Å². The number of nitrogens with one attached hydrogen (secondary N) is 2. The van der Waals surface area contributed by atoms with Crippen LogP contribution in [0.15, 0.2) is 16.3 Å². The number of hydrogen-bond donors (Lipinski definition) is 3. The summed E-state index contributed by atoms with van der Waals surface area (Å²) in [5.74, 6) is -1.13. The Hall–Kier alpha value is -1.86. The summed E-state index contributed by atoms with van der Waals surface area (Å²) >= 11 is 2.21. The molecule has 0 fully saturated rings. The lowest BCUT2D eigenvalue weighted by Gasteiger charge is -2.13. The summed E-state index contributed by atoms with van der Waals surface area (Å²) in [6.45, 7) is 2.40. The molecule has 142 valence electrons. The van der Waals surface area contributed by atoms with Gasteiger partial charge in [-0.25, -0.2) is 13.4 Å². The molecule has 0 saturated heterocycles. The van der Waals surface area contributed by atoms with Crippen LogP contribution in [0, 0.1) is 6.92 Å².